The molecule has 4 heteroatoms. The molecule has 0 unspecified atom stereocenters. The van der Waals surface area contributed by atoms with Crippen molar-refractivity contribution in [1.82, 2.24) is 0 Å². The van der Waals surface area contributed by atoms with Gasteiger partial charge in [-0.2, -0.15) is 0 Å². The molecular weight excluding hydrogens is 214 g/mol. The van der Waals surface area contributed by atoms with Gasteiger partial charge in [0.25, 0.3) is 0 Å². The second-order valence-corrected chi connectivity index (χ2v) is 3.40. The fourth-order valence-corrected chi connectivity index (χ4v) is 1.38. The highest BCUT2D eigenvalue weighted by Gasteiger charge is 2.16. The van der Waals surface area contributed by atoms with Crippen molar-refractivity contribution in [3.05, 3.63) is 35.4 Å². The quantitative estimate of drug-likeness (QED) is 0.825. The average molecular weight is 230 g/mol. The third kappa shape index (κ3) is 3.90. The van der Waals surface area contributed by atoms with Crippen LogP contribution in [-0.2, 0) is 11.2 Å². The van der Waals surface area contributed by atoms with Crippen LogP contribution in [0.2, 0.25) is 0 Å². The largest absolute Gasteiger partial charge is 0.481 e. The number of rotatable bonds is 4. The molecule has 1 atom stereocenters. The Hall–Kier alpha value is -1.06. The monoisotopic (exact) mass is 229 g/mol. The lowest BCUT2D eigenvalue weighted by atomic mass is 9.96. The molecule has 0 aliphatic carbocycles. The van der Waals surface area contributed by atoms with E-state index in [0.717, 1.165) is 11.1 Å². The third-order valence-corrected chi connectivity index (χ3v) is 2.36. The van der Waals surface area contributed by atoms with Crippen molar-refractivity contribution in [1.29, 1.82) is 0 Å². The number of aliphatic carboxylic acids is 1. The molecule has 0 aromatic heterocycles. The van der Waals surface area contributed by atoms with E-state index in [4.69, 9.17) is 10.8 Å². The van der Waals surface area contributed by atoms with Crippen LogP contribution in [0.25, 0.3) is 0 Å². The lowest BCUT2D eigenvalue weighted by Gasteiger charge is -2.11. The van der Waals surface area contributed by atoms with Crippen molar-refractivity contribution in [3.8, 4) is 0 Å². The number of carboxylic acid groups (broad SMARTS) is 1. The summed E-state index contributed by atoms with van der Waals surface area (Å²) in [6.45, 7) is 2.16. The molecule has 1 aromatic carbocycles. The van der Waals surface area contributed by atoms with Crippen molar-refractivity contribution in [3.63, 3.8) is 0 Å². The van der Waals surface area contributed by atoms with Crippen molar-refractivity contribution < 1.29 is 9.90 Å². The minimum atomic E-state index is -0.823. The van der Waals surface area contributed by atoms with Gasteiger partial charge in [-0.3, -0.25) is 4.79 Å². The molecule has 0 bridgehead atoms. The normalized spacial score (nSPS) is 11.6. The standard InChI is InChI=1S/C11H15NO2.ClH/c1-8-4-2-3-5-9(8)6-10(7-12)11(13)14;/h2-5,10H,6-7,12H2,1H3,(H,13,14);1H/t10-;/m0./s1. The van der Waals surface area contributed by atoms with E-state index < -0.39 is 11.9 Å². The van der Waals surface area contributed by atoms with Crippen LogP contribution < -0.4 is 5.73 Å². The molecule has 0 fully saturated rings. The molecule has 84 valence electrons. The summed E-state index contributed by atoms with van der Waals surface area (Å²) in [5.74, 6) is -1.30. The van der Waals surface area contributed by atoms with E-state index in [1.54, 1.807) is 0 Å². The van der Waals surface area contributed by atoms with Crippen LogP contribution in [0.4, 0.5) is 0 Å². The van der Waals surface area contributed by atoms with Gasteiger partial charge in [0.2, 0.25) is 0 Å². The summed E-state index contributed by atoms with van der Waals surface area (Å²) in [7, 11) is 0. The minimum absolute atomic E-state index is 0. The first-order valence-electron chi connectivity index (χ1n) is 4.62. The summed E-state index contributed by atoms with van der Waals surface area (Å²) in [5.41, 5.74) is 7.57. The zero-order valence-electron chi connectivity index (χ0n) is 8.64. The Balaban J connectivity index is 0.00000196. The highest BCUT2D eigenvalue weighted by atomic mass is 35.5. The fourth-order valence-electron chi connectivity index (χ4n) is 1.38. The molecule has 0 aliphatic heterocycles. The number of nitrogens with two attached hydrogens (primary N) is 1. The molecule has 0 saturated heterocycles. The fraction of sp³-hybridized carbons (Fsp3) is 0.364. The Morgan fingerprint density at radius 3 is 2.53 bits per heavy atom. The first kappa shape index (κ1) is 13.9. The smallest absolute Gasteiger partial charge is 0.308 e. The predicted octanol–water partition coefficient (Wildman–Crippen LogP) is 1.62. The highest BCUT2D eigenvalue weighted by Crippen LogP contribution is 2.12. The Kier molecular flexibility index (Phi) is 5.97. The van der Waals surface area contributed by atoms with Crippen LogP contribution in [0, 0.1) is 12.8 Å². The zero-order chi connectivity index (χ0) is 10.6. The van der Waals surface area contributed by atoms with E-state index in [1.807, 2.05) is 31.2 Å². The summed E-state index contributed by atoms with van der Waals surface area (Å²) in [6, 6.07) is 7.78. The number of halogens is 1. The molecule has 0 heterocycles. The maximum Gasteiger partial charge on any atom is 0.308 e. The molecule has 0 radical (unpaired) electrons. The number of aryl methyl sites for hydroxylation is 1. The highest BCUT2D eigenvalue weighted by molar-refractivity contribution is 5.85. The second kappa shape index (κ2) is 6.43. The van der Waals surface area contributed by atoms with Gasteiger partial charge in [-0.1, -0.05) is 24.3 Å². The van der Waals surface area contributed by atoms with E-state index in [1.165, 1.54) is 0 Å². The number of carboxylic acids is 1. The van der Waals surface area contributed by atoms with E-state index in [9.17, 15) is 4.79 Å². The Labute approximate surface area is 95.7 Å². The SMILES string of the molecule is Cc1ccccc1C[C@@H](CN)C(=O)O.Cl. The molecule has 3 nitrogen and oxygen atoms in total. The summed E-state index contributed by atoms with van der Waals surface area (Å²) in [6.07, 6.45) is 0.512. The van der Waals surface area contributed by atoms with Gasteiger partial charge in [0.15, 0.2) is 0 Å². The molecule has 15 heavy (non-hydrogen) atoms. The first-order chi connectivity index (χ1) is 6.65. The molecule has 3 N–H and O–H groups in total. The van der Waals surface area contributed by atoms with Crippen LogP contribution in [0.5, 0.6) is 0 Å². The van der Waals surface area contributed by atoms with Crippen LogP contribution in [-0.4, -0.2) is 17.6 Å². The van der Waals surface area contributed by atoms with Crippen molar-refractivity contribution in [2.24, 2.45) is 11.7 Å². The minimum Gasteiger partial charge on any atom is -0.481 e. The number of carbonyl (C=O) groups is 1. The maximum absolute atomic E-state index is 10.8. The Morgan fingerprint density at radius 1 is 1.47 bits per heavy atom. The predicted molar refractivity (Wildman–Crippen MR) is 62.3 cm³/mol. The topological polar surface area (TPSA) is 63.3 Å². The van der Waals surface area contributed by atoms with Crippen molar-refractivity contribution >= 4 is 18.4 Å². The second-order valence-electron chi connectivity index (χ2n) is 3.40. The van der Waals surface area contributed by atoms with Gasteiger partial charge in [-0.05, 0) is 24.5 Å². The van der Waals surface area contributed by atoms with Gasteiger partial charge in [-0.15, -0.1) is 12.4 Å². The molecule has 0 spiro atoms. The van der Waals surface area contributed by atoms with Gasteiger partial charge in [0.05, 0.1) is 5.92 Å². The lowest BCUT2D eigenvalue weighted by Crippen LogP contribution is -2.25. The van der Waals surface area contributed by atoms with E-state index in [0.29, 0.717) is 6.42 Å². The van der Waals surface area contributed by atoms with E-state index in [-0.39, 0.29) is 19.0 Å². The lowest BCUT2D eigenvalue weighted by molar-refractivity contribution is -0.141. The Bertz CT molecular complexity index is 328. The first-order valence-corrected chi connectivity index (χ1v) is 4.62. The molecule has 0 saturated carbocycles. The van der Waals surface area contributed by atoms with E-state index in [2.05, 4.69) is 0 Å². The molecule has 1 rings (SSSR count). The summed E-state index contributed by atoms with van der Waals surface area (Å²) in [4.78, 5) is 10.8. The summed E-state index contributed by atoms with van der Waals surface area (Å²) >= 11 is 0. The van der Waals surface area contributed by atoms with Crippen LogP contribution in [0.3, 0.4) is 0 Å². The zero-order valence-corrected chi connectivity index (χ0v) is 9.46. The number of benzene rings is 1. The molecule has 0 aliphatic rings. The van der Waals surface area contributed by atoms with Crippen LogP contribution >= 0.6 is 12.4 Å². The summed E-state index contributed by atoms with van der Waals surface area (Å²) in [5, 5.41) is 8.85. The third-order valence-electron chi connectivity index (χ3n) is 2.36. The molecule has 0 amide bonds. The maximum atomic E-state index is 10.8. The summed E-state index contributed by atoms with van der Waals surface area (Å²) < 4.78 is 0. The molecular formula is C11H16ClNO2. The van der Waals surface area contributed by atoms with Crippen LogP contribution in [0.1, 0.15) is 11.1 Å². The molecule has 1 aromatic rings. The van der Waals surface area contributed by atoms with Crippen LogP contribution in [0.15, 0.2) is 24.3 Å². The van der Waals surface area contributed by atoms with Gasteiger partial charge in [0.1, 0.15) is 0 Å². The van der Waals surface area contributed by atoms with E-state index >= 15 is 0 Å². The number of hydrogen-bond donors (Lipinski definition) is 2. The van der Waals surface area contributed by atoms with Gasteiger partial charge in [0, 0.05) is 6.54 Å². The number of hydrogen-bond acceptors (Lipinski definition) is 2. The van der Waals surface area contributed by atoms with Gasteiger partial charge >= 0.3 is 5.97 Å². The van der Waals surface area contributed by atoms with Crippen molar-refractivity contribution in [2.75, 3.05) is 6.54 Å². The van der Waals surface area contributed by atoms with Crippen molar-refractivity contribution in [2.45, 2.75) is 13.3 Å². The Morgan fingerprint density at radius 2 is 2.07 bits per heavy atom. The van der Waals surface area contributed by atoms with Gasteiger partial charge in [-0.25, -0.2) is 0 Å². The average Bonchev–Trinajstić information content (AvgIpc) is 2.16. The van der Waals surface area contributed by atoms with Gasteiger partial charge < -0.3 is 10.8 Å².